The molecule has 0 saturated heterocycles. The maximum atomic E-state index is 13.3. The number of rotatable bonds is 4. The minimum atomic E-state index is -0.327. The summed E-state index contributed by atoms with van der Waals surface area (Å²) in [5, 5.41) is 5.94. The first-order valence-electron chi connectivity index (χ1n) is 10.2. The highest BCUT2D eigenvalue weighted by molar-refractivity contribution is 5.84. The summed E-state index contributed by atoms with van der Waals surface area (Å²) < 4.78 is 24.0. The van der Waals surface area contributed by atoms with E-state index in [1.165, 1.54) is 12.1 Å². The number of benzene rings is 2. The molecular weight excluding hydrogens is 399 g/mol. The molecule has 0 spiro atoms. The van der Waals surface area contributed by atoms with Crippen molar-refractivity contribution in [3.63, 3.8) is 0 Å². The van der Waals surface area contributed by atoms with Crippen molar-refractivity contribution in [2.24, 2.45) is 0 Å². The molecule has 2 amide bonds. The van der Waals surface area contributed by atoms with Crippen molar-refractivity contribution in [3.05, 3.63) is 71.6 Å². The minimum absolute atomic E-state index is 0.0692. The van der Waals surface area contributed by atoms with Crippen LogP contribution in [0.3, 0.4) is 0 Å². The van der Waals surface area contributed by atoms with E-state index in [0.29, 0.717) is 24.3 Å². The molecule has 0 aliphatic carbocycles. The SMILES string of the molecule is COc1ccc([C@H]2C/C=C\C[C@H](c3ccc(F)cc3)NC(=O)CCC(=O)N2)c(OC)c1. The largest absolute Gasteiger partial charge is 0.497 e. The number of methoxy groups -OCH3 is 2. The number of halogens is 1. The predicted octanol–water partition coefficient (Wildman–Crippen LogP) is 3.99. The van der Waals surface area contributed by atoms with E-state index in [4.69, 9.17) is 9.47 Å². The standard InChI is InChI=1S/C24H27FN2O4/c1-30-18-11-12-19(22(15-18)31-2)21-6-4-3-5-20(16-7-9-17(25)10-8-16)26-23(28)13-14-24(29)27-21/h3-4,7-12,15,20-21H,5-6,13-14H2,1-2H3,(H,26,28)(H,27,29)/b4-3-/t20-,21-/m1/s1. The van der Waals surface area contributed by atoms with Gasteiger partial charge in [-0.25, -0.2) is 4.39 Å². The summed E-state index contributed by atoms with van der Waals surface area (Å²) in [6.45, 7) is 0. The summed E-state index contributed by atoms with van der Waals surface area (Å²) >= 11 is 0. The number of hydrogen-bond donors (Lipinski definition) is 2. The molecule has 2 N–H and O–H groups in total. The van der Waals surface area contributed by atoms with Crippen LogP contribution < -0.4 is 20.1 Å². The molecule has 1 heterocycles. The third kappa shape index (κ3) is 6.07. The zero-order valence-electron chi connectivity index (χ0n) is 17.7. The van der Waals surface area contributed by atoms with E-state index < -0.39 is 0 Å². The van der Waals surface area contributed by atoms with Gasteiger partial charge in [0.2, 0.25) is 11.8 Å². The summed E-state index contributed by atoms with van der Waals surface area (Å²) in [6, 6.07) is 11.0. The van der Waals surface area contributed by atoms with E-state index in [9.17, 15) is 14.0 Å². The Bertz CT molecular complexity index is 943. The van der Waals surface area contributed by atoms with Crippen LogP contribution in [-0.2, 0) is 9.59 Å². The molecule has 31 heavy (non-hydrogen) atoms. The van der Waals surface area contributed by atoms with Crippen LogP contribution in [0.15, 0.2) is 54.6 Å². The second kappa shape index (κ2) is 10.6. The lowest BCUT2D eigenvalue weighted by molar-refractivity contribution is -0.127. The average Bonchev–Trinajstić information content (AvgIpc) is 2.78. The van der Waals surface area contributed by atoms with Crippen LogP contribution in [0, 0.1) is 5.82 Å². The number of amides is 2. The molecule has 3 rings (SSSR count). The maximum absolute atomic E-state index is 13.3. The number of carbonyl (C=O) groups excluding carboxylic acids is 2. The Kier molecular flexibility index (Phi) is 7.65. The molecule has 2 aromatic rings. The molecule has 164 valence electrons. The fourth-order valence-electron chi connectivity index (χ4n) is 3.57. The second-order valence-electron chi connectivity index (χ2n) is 7.34. The molecule has 6 nitrogen and oxygen atoms in total. The van der Waals surface area contributed by atoms with Crippen molar-refractivity contribution in [2.45, 2.75) is 37.8 Å². The monoisotopic (exact) mass is 426 g/mol. The van der Waals surface area contributed by atoms with Gasteiger partial charge in [0.15, 0.2) is 0 Å². The Balaban J connectivity index is 1.84. The van der Waals surface area contributed by atoms with Gasteiger partial charge in [-0.2, -0.15) is 0 Å². The highest BCUT2D eigenvalue weighted by Gasteiger charge is 2.21. The van der Waals surface area contributed by atoms with Crippen LogP contribution in [0.1, 0.15) is 48.9 Å². The summed E-state index contributed by atoms with van der Waals surface area (Å²) in [5.41, 5.74) is 1.65. The highest BCUT2D eigenvalue weighted by Crippen LogP contribution is 2.32. The van der Waals surface area contributed by atoms with Crippen LogP contribution in [-0.4, -0.2) is 26.0 Å². The van der Waals surface area contributed by atoms with Crippen molar-refractivity contribution >= 4 is 11.8 Å². The molecule has 0 aromatic heterocycles. The lowest BCUT2D eigenvalue weighted by atomic mass is 9.99. The molecule has 2 aromatic carbocycles. The summed E-state index contributed by atoms with van der Waals surface area (Å²) in [5.74, 6) is 0.510. The summed E-state index contributed by atoms with van der Waals surface area (Å²) in [4.78, 5) is 24.9. The van der Waals surface area contributed by atoms with E-state index in [-0.39, 0.29) is 42.6 Å². The third-order valence-corrected chi connectivity index (χ3v) is 5.25. The van der Waals surface area contributed by atoms with Crippen molar-refractivity contribution in [1.29, 1.82) is 0 Å². The van der Waals surface area contributed by atoms with Crippen LogP contribution in [0.2, 0.25) is 0 Å². The second-order valence-corrected chi connectivity index (χ2v) is 7.34. The quantitative estimate of drug-likeness (QED) is 0.725. The number of ether oxygens (including phenoxy) is 2. The molecule has 0 saturated carbocycles. The van der Waals surface area contributed by atoms with E-state index in [1.807, 2.05) is 24.3 Å². The van der Waals surface area contributed by atoms with Gasteiger partial charge in [0.25, 0.3) is 0 Å². The normalized spacial score (nSPS) is 21.1. The molecule has 1 aliphatic rings. The van der Waals surface area contributed by atoms with E-state index in [1.54, 1.807) is 32.4 Å². The fraction of sp³-hybridized carbons (Fsp3) is 0.333. The topological polar surface area (TPSA) is 76.7 Å². The van der Waals surface area contributed by atoms with Gasteiger partial charge >= 0.3 is 0 Å². The highest BCUT2D eigenvalue weighted by atomic mass is 19.1. The van der Waals surface area contributed by atoms with Gasteiger partial charge in [-0.05, 0) is 42.7 Å². The molecule has 0 unspecified atom stereocenters. The molecule has 2 atom stereocenters. The van der Waals surface area contributed by atoms with Gasteiger partial charge < -0.3 is 20.1 Å². The first kappa shape index (κ1) is 22.3. The van der Waals surface area contributed by atoms with Crippen molar-refractivity contribution in [1.82, 2.24) is 10.6 Å². The van der Waals surface area contributed by atoms with Gasteiger partial charge in [-0.3, -0.25) is 9.59 Å². The summed E-state index contributed by atoms with van der Waals surface area (Å²) in [6.07, 6.45) is 5.18. The molecule has 7 heteroatoms. The zero-order valence-corrected chi connectivity index (χ0v) is 17.7. The van der Waals surface area contributed by atoms with E-state index >= 15 is 0 Å². The van der Waals surface area contributed by atoms with Gasteiger partial charge in [0.05, 0.1) is 26.3 Å². The Morgan fingerprint density at radius 1 is 0.839 bits per heavy atom. The Morgan fingerprint density at radius 3 is 2.06 bits per heavy atom. The maximum Gasteiger partial charge on any atom is 0.221 e. The van der Waals surface area contributed by atoms with Crippen LogP contribution >= 0.6 is 0 Å². The molecular formula is C24H27FN2O4. The van der Waals surface area contributed by atoms with Crippen molar-refractivity contribution in [3.8, 4) is 11.5 Å². The Morgan fingerprint density at radius 2 is 1.45 bits per heavy atom. The Labute approximate surface area is 181 Å². The van der Waals surface area contributed by atoms with Gasteiger partial charge in [0.1, 0.15) is 17.3 Å². The van der Waals surface area contributed by atoms with Gasteiger partial charge in [0, 0.05) is 24.5 Å². The molecule has 0 bridgehead atoms. The molecule has 1 aliphatic heterocycles. The van der Waals surface area contributed by atoms with Crippen LogP contribution in [0.5, 0.6) is 11.5 Å². The number of carbonyl (C=O) groups is 2. The van der Waals surface area contributed by atoms with Crippen LogP contribution in [0.25, 0.3) is 0 Å². The number of hydrogen-bond acceptors (Lipinski definition) is 4. The van der Waals surface area contributed by atoms with Gasteiger partial charge in [-0.1, -0.05) is 24.3 Å². The smallest absolute Gasteiger partial charge is 0.221 e. The molecule has 0 fully saturated rings. The average molecular weight is 426 g/mol. The summed E-state index contributed by atoms with van der Waals surface area (Å²) in [7, 11) is 3.15. The van der Waals surface area contributed by atoms with Crippen LogP contribution in [0.4, 0.5) is 4.39 Å². The lowest BCUT2D eigenvalue weighted by Gasteiger charge is -2.22. The zero-order chi connectivity index (χ0) is 22.2. The third-order valence-electron chi connectivity index (χ3n) is 5.25. The first-order valence-corrected chi connectivity index (χ1v) is 10.2. The lowest BCUT2D eigenvalue weighted by Crippen LogP contribution is -2.32. The Hall–Kier alpha value is -3.35. The predicted molar refractivity (Wildman–Crippen MR) is 115 cm³/mol. The van der Waals surface area contributed by atoms with Gasteiger partial charge in [-0.15, -0.1) is 0 Å². The molecule has 0 radical (unpaired) electrons. The fourth-order valence-corrected chi connectivity index (χ4v) is 3.57. The van der Waals surface area contributed by atoms with Crippen molar-refractivity contribution in [2.75, 3.05) is 14.2 Å². The minimum Gasteiger partial charge on any atom is -0.497 e. The van der Waals surface area contributed by atoms with E-state index in [0.717, 1.165) is 11.1 Å². The van der Waals surface area contributed by atoms with E-state index in [2.05, 4.69) is 10.6 Å². The first-order chi connectivity index (χ1) is 15.0. The van der Waals surface area contributed by atoms with Crippen molar-refractivity contribution < 1.29 is 23.5 Å². The number of nitrogens with one attached hydrogen (secondary N) is 2.